The van der Waals surface area contributed by atoms with Crippen molar-refractivity contribution in [3.63, 3.8) is 0 Å². The fourth-order valence-corrected chi connectivity index (χ4v) is 3.29. The summed E-state index contributed by atoms with van der Waals surface area (Å²) in [6.45, 7) is 5.81. The Bertz CT molecular complexity index is 1030. The van der Waals surface area contributed by atoms with E-state index in [1.165, 1.54) is 12.1 Å². The van der Waals surface area contributed by atoms with Crippen LogP contribution in [-0.4, -0.2) is 21.5 Å². The molecule has 3 N–H and O–H groups in total. The Morgan fingerprint density at radius 2 is 1.89 bits per heavy atom. The van der Waals surface area contributed by atoms with Gasteiger partial charge in [0.15, 0.2) is 0 Å². The monoisotopic (exact) mass is 380 g/mol. The smallest absolute Gasteiger partial charge is 0.241 e. The SMILES string of the molecule is CC(C)(C)[C@H](N)C(=O)Nc1ccc2c(c1)nc(-c1ccc(F)cc1)n2C1CC1. The summed E-state index contributed by atoms with van der Waals surface area (Å²) in [7, 11) is 0. The molecule has 0 aliphatic heterocycles. The second-order valence-corrected chi connectivity index (χ2v) is 8.58. The molecule has 0 spiro atoms. The Morgan fingerprint density at radius 3 is 2.50 bits per heavy atom. The molecule has 1 saturated carbocycles. The van der Waals surface area contributed by atoms with Crippen molar-refractivity contribution >= 4 is 22.6 Å². The molecule has 1 aromatic heterocycles. The van der Waals surface area contributed by atoms with Crippen LogP contribution in [-0.2, 0) is 4.79 Å². The summed E-state index contributed by atoms with van der Waals surface area (Å²) in [5, 5.41) is 2.90. The molecule has 146 valence electrons. The molecule has 4 rings (SSSR count). The maximum absolute atomic E-state index is 13.3. The minimum atomic E-state index is -0.609. The van der Waals surface area contributed by atoms with Gasteiger partial charge in [-0.15, -0.1) is 0 Å². The van der Waals surface area contributed by atoms with Crippen LogP contribution in [0.2, 0.25) is 0 Å². The summed E-state index contributed by atoms with van der Waals surface area (Å²) >= 11 is 0. The van der Waals surface area contributed by atoms with Crippen molar-refractivity contribution in [2.24, 2.45) is 11.1 Å². The molecule has 0 saturated heterocycles. The number of nitrogens with two attached hydrogens (primary N) is 1. The van der Waals surface area contributed by atoms with E-state index in [2.05, 4.69) is 9.88 Å². The third-order valence-electron chi connectivity index (χ3n) is 5.19. The molecule has 1 fully saturated rings. The first-order valence-corrected chi connectivity index (χ1v) is 9.58. The Balaban J connectivity index is 1.70. The highest BCUT2D eigenvalue weighted by Crippen LogP contribution is 2.41. The molecule has 28 heavy (non-hydrogen) atoms. The first kappa shape index (κ1) is 18.6. The lowest BCUT2D eigenvalue weighted by molar-refractivity contribution is -0.119. The van der Waals surface area contributed by atoms with Crippen LogP contribution in [0.4, 0.5) is 10.1 Å². The first-order chi connectivity index (χ1) is 13.2. The number of nitrogens with one attached hydrogen (secondary N) is 1. The minimum absolute atomic E-state index is 0.216. The van der Waals surface area contributed by atoms with Crippen LogP contribution < -0.4 is 11.1 Å². The number of carbonyl (C=O) groups excluding carboxylic acids is 1. The van der Waals surface area contributed by atoms with E-state index in [4.69, 9.17) is 10.7 Å². The second kappa shape index (κ2) is 6.71. The van der Waals surface area contributed by atoms with E-state index < -0.39 is 6.04 Å². The highest BCUT2D eigenvalue weighted by molar-refractivity contribution is 5.97. The van der Waals surface area contributed by atoms with Gasteiger partial charge in [-0.1, -0.05) is 20.8 Å². The lowest BCUT2D eigenvalue weighted by Crippen LogP contribution is -2.45. The second-order valence-electron chi connectivity index (χ2n) is 8.58. The number of fused-ring (bicyclic) bond motifs is 1. The number of hydrogen-bond acceptors (Lipinski definition) is 3. The summed E-state index contributed by atoms with van der Waals surface area (Å²) < 4.78 is 15.5. The number of benzene rings is 2. The summed E-state index contributed by atoms with van der Waals surface area (Å²) in [4.78, 5) is 17.2. The molecule has 1 aliphatic rings. The van der Waals surface area contributed by atoms with E-state index in [-0.39, 0.29) is 17.1 Å². The molecular formula is C22H25FN4O. The van der Waals surface area contributed by atoms with E-state index in [9.17, 15) is 9.18 Å². The fourth-order valence-electron chi connectivity index (χ4n) is 3.29. The molecule has 1 aliphatic carbocycles. The van der Waals surface area contributed by atoms with Crippen LogP contribution >= 0.6 is 0 Å². The van der Waals surface area contributed by atoms with Gasteiger partial charge in [0.1, 0.15) is 11.6 Å². The predicted molar refractivity (Wildman–Crippen MR) is 109 cm³/mol. The Hall–Kier alpha value is -2.73. The van der Waals surface area contributed by atoms with Gasteiger partial charge in [0.05, 0.1) is 17.1 Å². The quantitative estimate of drug-likeness (QED) is 0.700. The third kappa shape index (κ3) is 3.52. The number of anilines is 1. The molecule has 6 heteroatoms. The van der Waals surface area contributed by atoms with Crippen LogP contribution in [0.3, 0.4) is 0 Å². The van der Waals surface area contributed by atoms with Gasteiger partial charge in [-0.25, -0.2) is 9.37 Å². The summed E-state index contributed by atoms with van der Waals surface area (Å²) in [5.41, 5.74) is 9.10. The number of amides is 1. The average molecular weight is 380 g/mol. The third-order valence-corrected chi connectivity index (χ3v) is 5.19. The van der Waals surface area contributed by atoms with Gasteiger partial charge in [0.2, 0.25) is 5.91 Å². The molecule has 0 bridgehead atoms. The van der Waals surface area contributed by atoms with Gasteiger partial charge in [-0.05, 0) is 60.7 Å². The maximum atomic E-state index is 13.3. The number of halogens is 1. The standard InChI is InChI=1S/C22H25FN4O/c1-22(2,3)19(24)21(28)25-15-8-11-18-17(12-15)26-20(27(18)16-9-10-16)13-4-6-14(23)7-5-13/h4-8,11-12,16,19H,9-10,24H2,1-3H3,(H,25,28)/t19-/m1/s1. The number of hydrogen-bond donors (Lipinski definition) is 2. The molecule has 1 atom stereocenters. The van der Waals surface area contributed by atoms with Gasteiger partial charge in [-0.3, -0.25) is 4.79 Å². The van der Waals surface area contributed by atoms with Crippen molar-refractivity contribution in [1.29, 1.82) is 0 Å². The lowest BCUT2D eigenvalue weighted by Gasteiger charge is -2.25. The number of nitrogens with zero attached hydrogens (tertiary/aromatic N) is 2. The van der Waals surface area contributed by atoms with E-state index >= 15 is 0 Å². The Kier molecular flexibility index (Phi) is 4.46. The van der Waals surface area contributed by atoms with Gasteiger partial charge in [-0.2, -0.15) is 0 Å². The zero-order chi connectivity index (χ0) is 20.1. The zero-order valence-electron chi connectivity index (χ0n) is 16.4. The summed E-state index contributed by atoms with van der Waals surface area (Å²) in [5.74, 6) is 0.345. The van der Waals surface area contributed by atoms with E-state index in [1.807, 2.05) is 39.0 Å². The fraction of sp³-hybridized carbons (Fsp3) is 0.364. The van der Waals surface area contributed by atoms with Gasteiger partial charge < -0.3 is 15.6 Å². The van der Waals surface area contributed by atoms with Crippen LogP contribution in [0.15, 0.2) is 42.5 Å². The number of aromatic nitrogens is 2. The first-order valence-electron chi connectivity index (χ1n) is 9.58. The highest BCUT2D eigenvalue weighted by Gasteiger charge is 2.30. The van der Waals surface area contributed by atoms with Crippen molar-refractivity contribution in [3.05, 3.63) is 48.3 Å². The molecule has 1 heterocycles. The van der Waals surface area contributed by atoms with Crippen LogP contribution in [0, 0.1) is 11.2 Å². The molecule has 0 unspecified atom stereocenters. The molecular weight excluding hydrogens is 355 g/mol. The van der Waals surface area contributed by atoms with Crippen LogP contribution in [0.5, 0.6) is 0 Å². The van der Waals surface area contributed by atoms with Crippen molar-refractivity contribution in [3.8, 4) is 11.4 Å². The normalized spacial score (nSPS) is 15.6. The molecule has 1 amide bonds. The van der Waals surface area contributed by atoms with Crippen molar-refractivity contribution < 1.29 is 9.18 Å². The maximum Gasteiger partial charge on any atom is 0.241 e. The number of imidazole rings is 1. The van der Waals surface area contributed by atoms with E-state index in [0.717, 1.165) is 35.3 Å². The molecule has 5 nitrogen and oxygen atoms in total. The van der Waals surface area contributed by atoms with Gasteiger partial charge in [0, 0.05) is 17.3 Å². The molecule has 0 radical (unpaired) electrons. The van der Waals surface area contributed by atoms with Crippen LogP contribution in [0.1, 0.15) is 39.7 Å². The summed E-state index contributed by atoms with van der Waals surface area (Å²) in [6, 6.07) is 11.9. The number of carbonyl (C=O) groups is 1. The zero-order valence-corrected chi connectivity index (χ0v) is 16.4. The molecule has 2 aromatic carbocycles. The lowest BCUT2D eigenvalue weighted by atomic mass is 9.87. The van der Waals surface area contributed by atoms with Crippen molar-refractivity contribution in [2.45, 2.75) is 45.7 Å². The summed E-state index contributed by atoms with van der Waals surface area (Å²) in [6.07, 6.45) is 2.22. The highest BCUT2D eigenvalue weighted by atomic mass is 19.1. The van der Waals surface area contributed by atoms with E-state index in [1.54, 1.807) is 12.1 Å². The van der Waals surface area contributed by atoms with Gasteiger partial charge >= 0.3 is 0 Å². The van der Waals surface area contributed by atoms with Crippen molar-refractivity contribution in [1.82, 2.24) is 9.55 Å². The Morgan fingerprint density at radius 1 is 1.21 bits per heavy atom. The largest absolute Gasteiger partial charge is 0.325 e. The van der Waals surface area contributed by atoms with E-state index in [0.29, 0.717) is 11.7 Å². The Labute approximate surface area is 163 Å². The predicted octanol–water partition coefficient (Wildman–Crippen LogP) is 4.49. The average Bonchev–Trinajstić information content (AvgIpc) is 3.41. The van der Waals surface area contributed by atoms with Crippen molar-refractivity contribution in [2.75, 3.05) is 5.32 Å². The number of rotatable bonds is 4. The molecule has 3 aromatic rings. The van der Waals surface area contributed by atoms with Crippen LogP contribution in [0.25, 0.3) is 22.4 Å². The van der Waals surface area contributed by atoms with Gasteiger partial charge in [0.25, 0.3) is 0 Å². The topological polar surface area (TPSA) is 72.9 Å². The minimum Gasteiger partial charge on any atom is -0.325 e.